The van der Waals surface area contributed by atoms with Gasteiger partial charge >= 0.3 is 0 Å². The summed E-state index contributed by atoms with van der Waals surface area (Å²) >= 11 is 5.27. The van der Waals surface area contributed by atoms with E-state index < -0.39 is 0 Å². The summed E-state index contributed by atoms with van der Waals surface area (Å²) in [5.41, 5.74) is 1.26. The average Bonchev–Trinajstić information content (AvgIpc) is 2.88. The highest BCUT2D eigenvalue weighted by molar-refractivity contribution is 9.10. The smallest absolute Gasteiger partial charge is 0.134 e. The van der Waals surface area contributed by atoms with Gasteiger partial charge in [0, 0.05) is 11.4 Å². The van der Waals surface area contributed by atoms with Crippen LogP contribution in [0.3, 0.4) is 0 Å². The Bertz CT molecular complexity index is 485. The van der Waals surface area contributed by atoms with Crippen LogP contribution in [0.5, 0.6) is 5.75 Å². The van der Waals surface area contributed by atoms with Crippen molar-refractivity contribution >= 4 is 27.3 Å². The first-order chi connectivity index (χ1) is 8.79. The van der Waals surface area contributed by atoms with Crippen LogP contribution in [0.4, 0.5) is 0 Å². The Kier molecular flexibility index (Phi) is 5.23. The average molecular weight is 326 g/mol. The van der Waals surface area contributed by atoms with Crippen molar-refractivity contribution in [3.8, 4) is 5.75 Å². The Morgan fingerprint density at radius 3 is 2.89 bits per heavy atom. The van der Waals surface area contributed by atoms with Gasteiger partial charge in [-0.2, -0.15) is 0 Å². The molecule has 2 rings (SSSR count). The Morgan fingerprint density at radius 1 is 1.33 bits per heavy atom. The molecule has 0 saturated heterocycles. The molecule has 0 atom stereocenters. The van der Waals surface area contributed by atoms with Crippen molar-refractivity contribution in [1.29, 1.82) is 0 Å². The SMILES string of the molecule is CCNCc1ccc(OCc2cccs2)c(Br)c1. The number of nitrogens with one attached hydrogen (secondary N) is 1. The number of halogens is 1. The van der Waals surface area contributed by atoms with Gasteiger partial charge in [0.1, 0.15) is 12.4 Å². The highest BCUT2D eigenvalue weighted by atomic mass is 79.9. The quantitative estimate of drug-likeness (QED) is 0.859. The fraction of sp³-hybridized carbons (Fsp3) is 0.286. The Labute approximate surface area is 120 Å². The third kappa shape index (κ3) is 3.83. The first-order valence-electron chi connectivity index (χ1n) is 5.94. The van der Waals surface area contributed by atoms with Gasteiger partial charge in [0.25, 0.3) is 0 Å². The van der Waals surface area contributed by atoms with Gasteiger partial charge in [0.05, 0.1) is 4.47 Å². The molecule has 0 aliphatic carbocycles. The second kappa shape index (κ2) is 6.92. The standard InChI is InChI=1S/C14H16BrNOS/c1-2-16-9-11-5-6-14(13(15)8-11)17-10-12-4-3-7-18-12/h3-8,16H,2,9-10H2,1H3. The van der Waals surface area contributed by atoms with Crippen LogP contribution in [-0.4, -0.2) is 6.54 Å². The van der Waals surface area contributed by atoms with E-state index in [0.717, 1.165) is 23.3 Å². The minimum atomic E-state index is 0.628. The topological polar surface area (TPSA) is 21.3 Å². The fourth-order valence-corrected chi connectivity index (χ4v) is 2.74. The number of hydrogen-bond acceptors (Lipinski definition) is 3. The molecule has 1 aromatic carbocycles. The van der Waals surface area contributed by atoms with Crippen LogP contribution in [0.15, 0.2) is 40.2 Å². The molecule has 0 aliphatic heterocycles. The van der Waals surface area contributed by atoms with Crippen LogP contribution < -0.4 is 10.1 Å². The molecular weight excluding hydrogens is 310 g/mol. The number of rotatable bonds is 6. The molecule has 0 bridgehead atoms. The summed E-state index contributed by atoms with van der Waals surface area (Å²) in [6.07, 6.45) is 0. The molecule has 0 fully saturated rings. The molecule has 0 unspecified atom stereocenters. The summed E-state index contributed by atoms with van der Waals surface area (Å²) in [5, 5.41) is 5.37. The molecule has 0 spiro atoms. The first kappa shape index (κ1) is 13.6. The van der Waals surface area contributed by atoms with Gasteiger partial charge in [-0.05, 0) is 51.6 Å². The molecule has 0 radical (unpaired) electrons. The molecule has 2 aromatic rings. The van der Waals surface area contributed by atoms with E-state index in [9.17, 15) is 0 Å². The Morgan fingerprint density at radius 2 is 2.22 bits per heavy atom. The summed E-state index contributed by atoms with van der Waals surface area (Å²) in [7, 11) is 0. The van der Waals surface area contributed by atoms with Gasteiger partial charge in [-0.25, -0.2) is 0 Å². The predicted molar refractivity (Wildman–Crippen MR) is 80.2 cm³/mol. The van der Waals surface area contributed by atoms with Crippen LogP contribution >= 0.6 is 27.3 Å². The fourth-order valence-electron chi connectivity index (χ4n) is 1.58. The normalized spacial score (nSPS) is 10.6. The molecule has 0 saturated carbocycles. The molecule has 0 amide bonds. The number of thiophene rings is 1. The third-order valence-electron chi connectivity index (χ3n) is 2.53. The van der Waals surface area contributed by atoms with Crippen molar-refractivity contribution in [1.82, 2.24) is 5.32 Å². The van der Waals surface area contributed by atoms with E-state index in [1.165, 1.54) is 10.4 Å². The van der Waals surface area contributed by atoms with Gasteiger partial charge in [-0.15, -0.1) is 11.3 Å². The molecular formula is C14H16BrNOS. The molecule has 1 aromatic heterocycles. The van der Waals surface area contributed by atoms with Gasteiger partial charge in [0.15, 0.2) is 0 Å². The minimum absolute atomic E-state index is 0.628. The monoisotopic (exact) mass is 325 g/mol. The maximum Gasteiger partial charge on any atom is 0.134 e. The van der Waals surface area contributed by atoms with E-state index in [2.05, 4.69) is 51.7 Å². The van der Waals surface area contributed by atoms with E-state index in [1.54, 1.807) is 11.3 Å². The highest BCUT2D eigenvalue weighted by Gasteiger charge is 2.03. The van der Waals surface area contributed by atoms with Crippen LogP contribution in [0, 0.1) is 0 Å². The lowest BCUT2D eigenvalue weighted by atomic mass is 10.2. The lowest BCUT2D eigenvalue weighted by Crippen LogP contribution is -2.11. The molecule has 1 heterocycles. The predicted octanol–water partition coefficient (Wildman–Crippen LogP) is 4.20. The third-order valence-corrected chi connectivity index (χ3v) is 4.00. The molecule has 1 N–H and O–H groups in total. The summed E-state index contributed by atoms with van der Waals surface area (Å²) in [5.74, 6) is 0.892. The van der Waals surface area contributed by atoms with Crippen molar-refractivity contribution in [2.24, 2.45) is 0 Å². The summed E-state index contributed by atoms with van der Waals surface area (Å²) < 4.78 is 6.79. The number of benzene rings is 1. The van der Waals surface area contributed by atoms with E-state index >= 15 is 0 Å². The van der Waals surface area contributed by atoms with Crippen LogP contribution in [0.1, 0.15) is 17.4 Å². The van der Waals surface area contributed by atoms with Crippen molar-refractivity contribution in [3.05, 3.63) is 50.6 Å². The highest BCUT2D eigenvalue weighted by Crippen LogP contribution is 2.27. The minimum Gasteiger partial charge on any atom is -0.487 e. The van der Waals surface area contributed by atoms with E-state index in [0.29, 0.717) is 6.61 Å². The second-order valence-electron chi connectivity index (χ2n) is 3.91. The van der Waals surface area contributed by atoms with Crippen molar-refractivity contribution in [2.75, 3.05) is 6.54 Å². The van der Waals surface area contributed by atoms with E-state index in [-0.39, 0.29) is 0 Å². The van der Waals surface area contributed by atoms with Gasteiger partial charge in [0.2, 0.25) is 0 Å². The van der Waals surface area contributed by atoms with Crippen molar-refractivity contribution in [3.63, 3.8) is 0 Å². The first-order valence-corrected chi connectivity index (χ1v) is 7.61. The summed E-state index contributed by atoms with van der Waals surface area (Å²) in [6.45, 7) is 4.60. The zero-order valence-electron chi connectivity index (χ0n) is 10.3. The number of hydrogen-bond donors (Lipinski definition) is 1. The second-order valence-corrected chi connectivity index (χ2v) is 5.80. The molecule has 0 aliphatic rings. The summed E-state index contributed by atoms with van der Waals surface area (Å²) in [6, 6.07) is 10.3. The van der Waals surface area contributed by atoms with Gasteiger partial charge in [-0.1, -0.05) is 19.1 Å². The molecule has 4 heteroatoms. The van der Waals surface area contributed by atoms with Crippen LogP contribution in [-0.2, 0) is 13.2 Å². The van der Waals surface area contributed by atoms with Crippen LogP contribution in [0.25, 0.3) is 0 Å². The Hall–Kier alpha value is -0.840. The van der Waals surface area contributed by atoms with Gasteiger partial charge < -0.3 is 10.1 Å². The largest absolute Gasteiger partial charge is 0.487 e. The zero-order chi connectivity index (χ0) is 12.8. The van der Waals surface area contributed by atoms with Crippen molar-refractivity contribution < 1.29 is 4.74 Å². The van der Waals surface area contributed by atoms with E-state index in [4.69, 9.17) is 4.74 Å². The maximum atomic E-state index is 5.78. The lowest BCUT2D eigenvalue weighted by Gasteiger charge is -2.09. The molecule has 96 valence electrons. The lowest BCUT2D eigenvalue weighted by molar-refractivity contribution is 0.307. The molecule has 18 heavy (non-hydrogen) atoms. The van der Waals surface area contributed by atoms with Crippen LogP contribution in [0.2, 0.25) is 0 Å². The zero-order valence-corrected chi connectivity index (χ0v) is 12.7. The molecule has 2 nitrogen and oxygen atoms in total. The van der Waals surface area contributed by atoms with E-state index in [1.807, 2.05) is 12.1 Å². The Balaban J connectivity index is 1.96. The maximum absolute atomic E-state index is 5.78. The summed E-state index contributed by atoms with van der Waals surface area (Å²) in [4.78, 5) is 1.23. The number of ether oxygens (including phenoxy) is 1. The van der Waals surface area contributed by atoms with Crippen molar-refractivity contribution in [2.45, 2.75) is 20.1 Å². The van der Waals surface area contributed by atoms with Gasteiger partial charge in [-0.3, -0.25) is 0 Å².